The van der Waals surface area contributed by atoms with Crippen LogP contribution in [0.15, 0.2) is 42.5 Å². The Morgan fingerprint density at radius 1 is 1.05 bits per heavy atom. The number of hydrogen-bond acceptors (Lipinski definition) is 2. The van der Waals surface area contributed by atoms with E-state index in [1.165, 1.54) is 28.1 Å². The van der Waals surface area contributed by atoms with E-state index in [1.807, 2.05) is 6.92 Å². The second kappa shape index (κ2) is 5.90. The Bertz CT molecular complexity index is 633. The second-order valence-electron chi connectivity index (χ2n) is 6.05. The van der Waals surface area contributed by atoms with Gasteiger partial charge in [-0.05, 0) is 61.9 Å². The largest absolute Gasteiger partial charge is 0.393 e. The van der Waals surface area contributed by atoms with Crippen molar-refractivity contribution in [1.29, 1.82) is 0 Å². The molecule has 2 aromatic rings. The van der Waals surface area contributed by atoms with Gasteiger partial charge in [0, 0.05) is 17.9 Å². The highest BCUT2D eigenvalue weighted by molar-refractivity contribution is 5.71. The molecule has 2 heteroatoms. The number of rotatable bonds is 3. The van der Waals surface area contributed by atoms with E-state index < -0.39 is 0 Å². The molecule has 0 radical (unpaired) electrons. The number of aliphatic hydroxyl groups excluding tert-OH is 1. The van der Waals surface area contributed by atoms with Crippen LogP contribution in [0.2, 0.25) is 0 Å². The molecule has 0 amide bonds. The Morgan fingerprint density at radius 3 is 2.52 bits per heavy atom. The molecule has 1 aliphatic heterocycles. The van der Waals surface area contributed by atoms with Gasteiger partial charge < -0.3 is 10.0 Å². The predicted octanol–water partition coefficient (Wildman–Crippen LogP) is 4.00. The number of hydrogen-bond donors (Lipinski definition) is 1. The van der Waals surface area contributed by atoms with E-state index in [9.17, 15) is 5.11 Å². The summed E-state index contributed by atoms with van der Waals surface area (Å²) in [7, 11) is 0. The zero-order valence-electron chi connectivity index (χ0n) is 12.8. The number of benzene rings is 2. The van der Waals surface area contributed by atoms with E-state index in [-0.39, 0.29) is 6.10 Å². The van der Waals surface area contributed by atoms with E-state index in [0.717, 1.165) is 25.8 Å². The molecule has 1 heterocycles. The molecule has 21 heavy (non-hydrogen) atoms. The summed E-state index contributed by atoms with van der Waals surface area (Å²) in [5.41, 5.74) is 6.69. The molecule has 0 spiro atoms. The van der Waals surface area contributed by atoms with Crippen molar-refractivity contribution in [3.63, 3.8) is 0 Å². The van der Waals surface area contributed by atoms with Crippen LogP contribution in [0.4, 0.5) is 11.4 Å². The number of fused-ring (bicyclic) bond motifs is 2. The number of para-hydroxylation sites is 1. The monoisotopic (exact) mass is 281 g/mol. The molecule has 3 rings (SSSR count). The fourth-order valence-corrected chi connectivity index (χ4v) is 3.08. The van der Waals surface area contributed by atoms with Crippen molar-refractivity contribution in [1.82, 2.24) is 0 Å². The molecule has 0 aromatic heterocycles. The fourth-order valence-electron chi connectivity index (χ4n) is 3.08. The van der Waals surface area contributed by atoms with E-state index in [1.54, 1.807) is 0 Å². The van der Waals surface area contributed by atoms with E-state index in [0.29, 0.717) is 0 Å². The minimum Gasteiger partial charge on any atom is -0.393 e. The Morgan fingerprint density at radius 2 is 1.76 bits per heavy atom. The molecule has 1 aliphatic rings. The molecule has 0 unspecified atom stereocenters. The van der Waals surface area contributed by atoms with Gasteiger partial charge in [-0.2, -0.15) is 0 Å². The first-order chi connectivity index (χ1) is 10.1. The van der Waals surface area contributed by atoms with Crippen molar-refractivity contribution in [2.45, 2.75) is 39.2 Å². The lowest BCUT2D eigenvalue weighted by Crippen LogP contribution is -2.22. The lowest BCUT2D eigenvalue weighted by atomic mass is 10.0. The maximum Gasteiger partial charge on any atom is 0.0529 e. The average molecular weight is 281 g/mol. The van der Waals surface area contributed by atoms with Crippen LogP contribution in [0.5, 0.6) is 0 Å². The van der Waals surface area contributed by atoms with Gasteiger partial charge in [0.15, 0.2) is 0 Å². The molecule has 0 fully saturated rings. The Kier molecular flexibility index (Phi) is 3.98. The summed E-state index contributed by atoms with van der Waals surface area (Å²) in [5, 5.41) is 9.68. The topological polar surface area (TPSA) is 23.5 Å². The van der Waals surface area contributed by atoms with Crippen molar-refractivity contribution in [3.8, 4) is 0 Å². The summed E-state index contributed by atoms with van der Waals surface area (Å²) in [6.45, 7) is 4.86. The Balaban J connectivity index is 2.07. The molecule has 1 N–H and O–H groups in total. The first-order valence-electron chi connectivity index (χ1n) is 7.78. The van der Waals surface area contributed by atoms with Crippen LogP contribution in [0.3, 0.4) is 0 Å². The normalized spacial score (nSPS) is 15.1. The summed E-state index contributed by atoms with van der Waals surface area (Å²) in [5.74, 6) is 0. The maximum absolute atomic E-state index is 9.68. The summed E-state index contributed by atoms with van der Waals surface area (Å²) in [6, 6.07) is 15.4. The van der Waals surface area contributed by atoms with Gasteiger partial charge in [-0.1, -0.05) is 30.3 Å². The summed E-state index contributed by atoms with van der Waals surface area (Å²) in [6.07, 6.45) is 2.67. The molecule has 1 atom stereocenters. The third-order valence-corrected chi connectivity index (χ3v) is 4.25. The van der Waals surface area contributed by atoms with E-state index in [4.69, 9.17) is 0 Å². The van der Waals surface area contributed by atoms with Gasteiger partial charge in [-0.15, -0.1) is 0 Å². The van der Waals surface area contributed by atoms with Crippen LogP contribution in [0.1, 0.15) is 30.0 Å². The van der Waals surface area contributed by atoms with Crippen LogP contribution in [-0.4, -0.2) is 17.8 Å². The van der Waals surface area contributed by atoms with Gasteiger partial charge in [-0.3, -0.25) is 0 Å². The van der Waals surface area contributed by atoms with Gasteiger partial charge in [0.05, 0.1) is 6.10 Å². The third kappa shape index (κ3) is 2.96. The molecule has 0 saturated carbocycles. The highest BCUT2D eigenvalue weighted by Crippen LogP contribution is 2.36. The molecule has 0 saturated heterocycles. The molecular weight excluding hydrogens is 258 g/mol. The summed E-state index contributed by atoms with van der Waals surface area (Å²) in [4.78, 5) is 2.39. The highest BCUT2D eigenvalue weighted by atomic mass is 16.3. The molecule has 2 aromatic carbocycles. The zero-order valence-corrected chi connectivity index (χ0v) is 12.8. The van der Waals surface area contributed by atoms with Gasteiger partial charge in [0.1, 0.15) is 0 Å². The molecule has 0 bridgehead atoms. The minimum absolute atomic E-state index is 0.270. The molecule has 0 aliphatic carbocycles. The lowest BCUT2D eigenvalue weighted by Gasteiger charge is -2.28. The standard InChI is InChI=1S/C19H23NO/c1-14-7-8-17-10-9-16-5-3-4-6-18(16)20(19(17)13-14)12-11-15(2)21/h3-8,13,15,21H,9-12H2,1-2H3/t15-/m0/s1. The van der Waals surface area contributed by atoms with Crippen LogP contribution in [0.25, 0.3) is 0 Å². The summed E-state index contributed by atoms with van der Waals surface area (Å²) < 4.78 is 0. The Labute approximate surface area is 127 Å². The fraction of sp³-hybridized carbons (Fsp3) is 0.368. The first-order valence-corrected chi connectivity index (χ1v) is 7.78. The van der Waals surface area contributed by atoms with E-state index >= 15 is 0 Å². The molecular formula is C19H23NO. The third-order valence-electron chi connectivity index (χ3n) is 4.25. The van der Waals surface area contributed by atoms with Crippen molar-refractivity contribution in [2.75, 3.05) is 11.4 Å². The highest BCUT2D eigenvalue weighted by Gasteiger charge is 2.20. The van der Waals surface area contributed by atoms with Gasteiger partial charge >= 0.3 is 0 Å². The zero-order chi connectivity index (χ0) is 14.8. The van der Waals surface area contributed by atoms with E-state index in [2.05, 4.69) is 54.3 Å². The van der Waals surface area contributed by atoms with Crippen LogP contribution >= 0.6 is 0 Å². The smallest absolute Gasteiger partial charge is 0.0529 e. The van der Waals surface area contributed by atoms with Crippen molar-refractivity contribution >= 4 is 11.4 Å². The number of anilines is 2. The molecule has 110 valence electrons. The Hall–Kier alpha value is -1.80. The lowest BCUT2D eigenvalue weighted by molar-refractivity contribution is 0.187. The van der Waals surface area contributed by atoms with Crippen LogP contribution in [0, 0.1) is 6.92 Å². The summed E-state index contributed by atoms with van der Waals surface area (Å²) >= 11 is 0. The minimum atomic E-state index is -0.270. The SMILES string of the molecule is Cc1ccc2c(c1)N(CC[C@H](C)O)c1ccccc1CC2. The van der Waals surface area contributed by atoms with Gasteiger partial charge in [0.25, 0.3) is 0 Å². The van der Waals surface area contributed by atoms with Gasteiger partial charge in [0.2, 0.25) is 0 Å². The van der Waals surface area contributed by atoms with Crippen molar-refractivity contribution in [3.05, 3.63) is 59.2 Å². The number of aliphatic hydroxyl groups is 1. The van der Waals surface area contributed by atoms with Crippen LogP contribution < -0.4 is 4.90 Å². The average Bonchev–Trinajstić information content (AvgIpc) is 2.62. The van der Waals surface area contributed by atoms with Gasteiger partial charge in [-0.25, -0.2) is 0 Å². The number of aryl methyl sites for hydroxylation is 3. The first kappa shape index (κ1) is 14.2. The predicted molar refractivity (Wildman–Crippen MR) is 88.3 cm³/mol. The van der Waals surface area contributed by atoms with Crippen LogP contribution in [-0.2, 0) is 12.8 Å². The number of nitrogens with zero attached hydrogens (tertiary/aromatic N) is 1. The second-order valence-corrected chi connectivity index (χ2v) is 6.05. The maximum atomic E-state index is 9.68. The van der Waals surface area contributed by atoms with Crippen molar-refractivity contribution in [2.24, 2.45) is 0 Å². The van der Waals surface area contributed by atoms with Crippen molar-refractivity contribution < 1.29 is 5.11 Å². The quantitative estimate of drug-likeness (QED) is 0.919. The molecule has 2 nitrogen and oxygen atoms in total.